The van der Waals surface area contributed by atoms with Crippen molar-refractivity contribution in [2.45, 2.75) is 13.5 Å². The van der Waals surface area contributed by atoms with Crippen molar-refractivity contribution in [2.75, 3.05) is 0 Å². The van der Waals surface area contributed by atoms with Crippen LogP contribution in [0.2, 0.25) is 0 Å². The zero-order valence-electron chi connectivity index (χ0n) is 11.7. The molecule has 2 rings (SSSR count). The summed E-state index contributed by atoms with van der Waals surface area (Å²) >= 11 is 6.01. The molecule has 0 spiro atoms. The van der Waals surface area contributed by atoms with Gasteiger partial charge in [0, 0.05) is 23.6 Å². The standard InChI is InChI=1S/C15H13ClN2O.CH3N/c1-10-12(8-17)7-13(16)14(10)15(19)18-9-11-5-3-2-4-6-11;1-2/h2-7,10H,9H2,1H3,(H,18,19);2H,1H2. The molecule has 108 valence electrons. The molecule has 1 aliphatic carbocycles. The van der Waals surface area contributed by atoms with Crippen molar-refractivity contribution in [3.05, 3.63) is 58.1 Å². The van der Waals surface area contributed by atoms with Crippen LogP contribution in [0.25, 0.3) is 0 Å². The highest BCUT2D eigenvalue weighted by molar-refractivity contribution is 6.34. The van der Waals surface area contributed by atoms with E-state index in [9.17, 15) is 4.79 Å². The van der Waals surface area contributed by atoms with Crippen LogP contribution in [0.4, 0.5) is 0 Å². The third kappa shape index (κ3) is 4.04. The van der Waals surface area contributed by atoms with E-state index >= 15 is 0 Å². The quantitative estimate of drug-likeness (QED) is 0.841. The minimum Gasteiger partial charge on any atom is -0.348 e. The second-order valence-corrected chi connectivity index (χ2v) is 4.77. The third-order valence-corrected chi connectivity index (χ3v) is 3.42. The van der Waals surface area contributed by atoms with Gasteiger partial charge in [-0.05, 0) is 18.4 Å². The number of nitrogens with zero attached hydrogens (tertiary/aromatic N) is 1. The Labute approximate surface area is 129 Å². The molecule has 1 unspecified atom stereocenters. The summed E-state index contributed by atoms with van der Waals surface area (Å²) in [6.07, 6.45) is 1.56. The molecule has 21 heavy (non-hydrogen) atoms. The fourth-order valence-electron chi connectivity index (χ4n) is 2.01. The Hall–Kier alpha value is -2.38. The van der Waals surface area contributed by atoms with Gasteiger partial charge in [-0.1, -0.05) is 48.9 Å². The van der Waals surface area contributed by atoms with Gasteiger partial charge in [0.25, 0.3) is 0 Å². The zero-order valence-corrected chi connectivity index (χ0v) is 12.4. The first-order chi connectivity index (χ1) is 10.1. The fraction of sp³-hybridized carbons (Fsp3) is 0.188. The molecule has 0 radical (unpaired) electrons. The summed E-state index contributed by atoms with van der Waals surface area (Å²) in [6.45, 7) is 4.75. The summed E-state index contributed by atoms with van der Waals surface area (Å²) < 4.78 is 0. The minimum absolute atomic E-state index is 0.220. The topological polar surface area (TPSA) is 76.7 Å². The maximum absolute atomic E-state index is 12.1. The first kappa shape index (κ1) is 16.7. The molecule has 1 atom stereocenters. The molecular formula is C16H16ClN3O. The van der Waals surface area contributed by atoms with Gasteiger partial charge in [0.05, 0.1) is 11.1 Å². The van der Waals surface area contributed by atoms with Gasteiger partial charge in [-0.2, -0.15) is 5.26 Å². The summed E-state index contributed by atoms with van der Waals surface area (Å²) in [4.78, 5) is 12.1. The Morgan fingerprint density at radius 1 is 1.43 bits per heavy atom. The second-order valence-electron chi connectivity index (χ2n) is 4.36. The number of nitriles is 1. The van der Waals surface area contributed by atoms with Gasteiger partial charge in [0.15, 0.2) is 0 Å². The van der Waals surface area contributed by atoms with Crippen molar-refractivity contribution in [1.82, 2.24) is 5.32 Å². The van der Waals surface area contributed by atoms with E-state index in [0.29, 0.717) is 22.7 Å². The Bertz CT molecular complexity index is 614. The number of amides is 1. The maximum Gasteiger partial charge on any atom is 0.249 e. The van der Waals surface area contributed by atoms with Crippen LogP contribution >= 0.6 is 11.6 Å². The van der Waals surface area contributed by atoms with Gasteiger partial charge in [0.1, 0.15) is 0 Å². The fourth-order valence-corrected chi connectivity index (χ4v) is 2.38. The summed E-state index contributed by atoms with van der Waals surface area (Å²) in [5.74, 6) is -0.462. The number of hydrogen-bond donors (Lipinski definition) is 2. The van der Waals surface area contributed by atoms with Gasteiger partial charge in [-0.3, -0.25) is 4.79 Å². The lowest BCUT2D eigenvalue weighted by Gasteiger charge is -2.11. The molecule has 0 fully saturated rings. The highest BCUT2D eigenvalue weighted by Crippen LogP contribution is 2.33. The number of allylic oxidation sites excluding steroid dienone is 3. The Balaban J connectivity index is 0.00000106. The van der Waals surface area contributed by atoms with Crippen molar-refractivity contribution in [3.8, 4) is 6.07 Å². The van der Waals surface area contributed by atoms with E-state index in [4.69, 9.17) is 22.3 Å². The number of halogens is 1. The summed E-state index contributed by atoms with van der Waals surface area (Å²) in [6, 6.07) is 11.7. The van der Waals surface area contributed by atoms with Crippen LogP contribution in [-0.2, 0) is 11.3 Å². The van der Waals surface area contributed by atoms with Crippen LogP contribution < -0.4 is 5.32 Å². The van der Waals surface area contributed by atoms with Crippen molar-refractivity contribution in [3.63, 3.8) is 0 Å². The molecule has 4 nitrogen and oxygen atoms in total. The first-order valence-corrected chi connectivity index (χ1v) is 6.70. The monoisotopic (exact) mass is 301 g/mol. The van der Waals surface area contributed by atoms with Crippen molar-refractivity contribution in [2.24, 2.45) is 5.92 Å². The van der Waals surface area contributed by atoms with Crippen LogP contribution in [0.1, 0.15) is 12.5 Å². The largest absolute Gasteiger partial charge is 0.348 e. The zero-order chi connectivity index (χ0) is 15.8. The Morgan fingerprint density at radius 3 is 2.57 bits per heavy atom. The molecule has 0 saturated heterocycles. The Morgan fingerprint density at radius 2 is 2.05 bits per heavy atom. The van der Waals surface area contributed by atoms with Crippen LogP contribution in [0.5, 0.6) is 0 Å². The van der Waals surface area contributed by atoms with Crippen molar-refractivity contribution in [1.29, 1.82) is 10.7 Å². The van der Waals surface area contributed by atoms with Crippen LogP contribution in [0, 0.1) is 22.7 Å². The lowest BCUT2D eigenvalue weighted by molar-refractivity contribution is -0.118. The molecule has 0 saturated carbocycles. The number of benzene rings is 1. The molecular weight excluding hydrogens is 286 g/mol. The van der Waals surface area contributed by atoms with Gasteiger partial charge >= 0.3 is 0 Å². The number of carbonyl (C=O) groups excluding carboxylic acids is 1. The summed E-state index contributed by atoms with van der Waals surface area (Å²) in [5, 5.41) is 17.6. The molecule has 1 amide bonds. The smallest absolute Gasteiger partial charge is 0.249 e. The van der Waals surface area contributed by atoms with E-state index in [1.54, 1.807) is 6.08 Å². The third-order valence-electron chi connectivity index (χ3n) is 3.11. The van der Waals surface area contributed by atoms with E-state index in [1.807, 2.05) is 37.3 Å². The van der Waals surface area contributed by atoms with Gasteiger partial charge < -0.3 is 10.7 Å². The van der Waals surface area contributed by atoms with Gasteiger partial charge in [-0.15, -0.1) is 0 Å². The average Bonchev–Trinajstić information content (AvgIpc) is 2.82. The molecule has 0 heterocycles. The van der Waals surface area contributed by atoms with E-state index in [-0.39, 0.29) is 11.8 Å². The van der Waals surface area contributed by atoms with E-state index in [2.05, 4.69) is 18.1 Å². The lowest BCUT2D eigenvalue weighted by Crippen LogP contribution is -2.27. The maximum atomic E-state index is 12.1. The molecule has 1 aliphatic rings. The SMILES string of the molecule is C=N.CC1C(C#N)=CC(Cl)=C1C(=O)NCc1ccccc1. The summed E-state index contributed by atoms with van der Waals surface area (Å²) in [7, 11) is 0. The normalized spacial score (nSPS) is 16.4. The summed E-state index contributed by atoms with van der Waals surface area (Å²) in [5.41, 5.74) is 2.01. The molecule has 1 aromatic rings. The molecule has 0 aliphatic heterocycles. The number of nitrogens with one attached hydrogen (secondary N) is 2. The Kier molecular flexibility index (Phi) is 6.38. The van der Waals surface area contributed by atoms with Crippen LogP contribution in [0.3, 0.4) is 0 Å². The molecule has 0 aromatic heterocycles. The number of hydrogen-bond acceptors (Lipinski definition) is 3. The predicted octanol–water partition coefficient (Wildman–Crippen LogP) is 3.16. The van der Waals surface area contributed by atoms with Crippen LogP contribution in [-0.4, -0.2) is 12.6 Å². The molecule has 1 aromatic carbocycles. The minimum atomic E-state index is -0.242. The van der Waals surface area contributed by atoms with E-state index in [1.165, 1.54) is 0 Å². The first-order valence-electron chi connectivity index (χ1n) is 6.32. The van der Waals surface area contributed by atoms with Gasteiger partial charge in [0.2, 0.25) is 5.91 Å². The molecule has 5 heteroatoms. The average molecular weight is 302 g/mol. The van der Waals surface area contributed by atoms with E-state index < -0.39 is 0 Å². The lowest BCUT2D eigenvalue weighted by atomic mass is 9.98. The van der Waals surface area contributed by atoms with E-state index in [0.717, 1.165) is 5.56 Å². The van der Waals surface area contributed by atoms with Crippen molar-refractivity contribution < 1.29 is 4.79 Å². The number of carbonyl (C=O) groups is 1. The molecule has 0 bridgehead atoms. The van der Waals surface area contributed by atoms with Crippen LogP contribution in [0.15, 0.2) is 52.6 Å². The van der Waals surface area contributed by atoms with Crippen molar-refractivity contribution >= 4 is 24.2 Å². The highest BCUT2D eigenvalue weighted by atomic mass is 35.5. The highest BCUT2D eigenvalue weighted by Gasteiger charge is 2.28. The van der Waals surface area contributed by atoms with Gasteiger partial charge in [-0.25, -0.2) is 0 Å². The second kappa shape index (κ2) is 8.03. The number of rotatable bonds is 3. The molecule has 2 N–H and O–H groups in total. The predicted molar refractivity (Wildman–Crippen MR) is 83.9 cm³/mol.